The number of rotatable bonds is 7. The first-order chi connectivity index (χ1) is 19.3. The fourth-order valence-electron chi connectivity index (χ4n) is 5.02. The van der Waals surface area contributed by atoms with E-state index in [0.29, 0.717) is 48.6 Å². The summed E-state index contributed by atoms with van der Waals surface area (Å²) in [5.74, 6) is 0.120. The second-order valence-electron chi connectivity index (χ2n) is 9.72. The zero-order chi connectivity index (χ0) is 28.2. The Hall–Kier alpha value is -3.35. The Morgan fingerprint density at radius 1 is 1.23 bits per heavy atom. The van der Waals surface area contributed by atoms with Crippen LogP contribution < -0.4 is 10.3 Å². The van der Waals surface area contributed by atoms with E-state index in [1.165, 1.54) is 23.0 Å². The van der Waals surface area contributed by atoms with Gasteiger partial charge in [0.05, 0.1) is 40.3 Å². The molecule has 3 aromatic rings. The van der Waals surface area contributed by atoms with Gasteiger partial charge in [-0.05, 0) is 37.1 Å². The van der Waals surface area contributed by atoms with Crippen LogP contribution in [0, 0.1) is 10.1 Å². The predicted octanol–water partition coefficient (Wildman–Crippen LogP) is 4.89. The third-order valence-electron chi connectivity index (χ3n) is 7.07. The van der Waals surface area contributed by atoms with Crippen LogP contribution in [0.5, 0.6) is 5.75 Å². The van der Waals surface area contributed by atoms with Crippen LogP contribution in [0.25, 0.3) is 10.9 Å². The Bertz CT molecular complexity index is 1530. The van der Waals surface area contributed by atoms with E-state index < -0.39 is 17.2 Å². The molecule has 0 spiro atoms. The monoisotopic (exact) mass is 631 g/mol. The maximum absolute atomic E-state index is 13.5. The molecule has 0 bridgehead atoms. The first kappa shape index (κ1) is 28.2. The Labute approximate surface area is 243 Å². The summed E-state index contributed by atoms with van der Waals surface area (Å²) in [5.41, 5.74) is 0.140. The number of amides is 1. The number of carbonyl (C=O) groups is 1. The second-order valence-corrected chi connectivity index (χ2v) is 11.0. The molecule has 1 aliphatic heterocycles. The lowest BCUT2D eigenvalue weighted by atomic mass is 9.88. The van der Waals surface area contributed by atoms with Gasteiger partial charge < -0.3 is 14.4 Å². The van der Waals surface area contributed by atoms with Crippen molar-refractivity contribution in [1.82, 2.24) is 14.6 Å². The molecule has 1 amide bonds. The van der Waals surface area contributed by atoms with Crippen LogP contribution in [-0.2, 0) is 9.53 Å². The lowest BCUT2D eigenvalue weighted by Gasteiger charge is -2.26. The van der Waals surface area contributed by atoms with E-state index in [1.54, 1.807) is 17.0 Å². The molecule has 2 aromatic carbocycles. The zero-order valence-corrected chi connectivity index (χ0v) is 23.9. The summed E-state index contributed by atoms with van der Waals surface area (Å²) in [6, 6.07) is 8.04. The summed E-state index contributed by atoms with van der Waals surface area (Å²) in [4.78, 5) is 43.6. The van der Waals surface area contributed by atoms with Crippen molar-refractivity contribution in [3.8, 4) is 5.75 Å². The Morgan fingerprint density at radius 3 is 2.70 bits per heavy atom. The number of benzene rings is 2. The molecule has 2 heterocycles. The molecule has 13 heteroatoms. The van der Waals surface area contributed by atoms with Crippen molar-refractivity contribution < 1.29 is 19.2 Å². The lowest BCUT2D eigenvalue weighted by Crippen LogP contribution is -2.43. The van der Waals surface area contributed by atoms with Crippen molar-refractivity contribution in [1.29, 1.82) is 0 Å². The number of carbonyl (C=O) groups excluding carboxylic acids is 1. The number of aromatic nitrogens is 2. The van der Waals surface area contributed by atoms with Gasteiger partial charge in [0, 0.05) is 35.1 Å². The zero-order valence-electron chi connectivity index (χ0n) is 21.6. The minimum absolute atomic E-state index is 0.0501. The van der Waals surface area contributed by atoms with E-state index in [2.05, 4.69) is 21.0 Å². The first-order valence-electron chi connectivity index (χ1n) is 13.0. The van der Waals surface area contributed by atoms with E-state index in [-0.39, 0.29) is 28.2 Å². The fourth-order valence-corrected chi connectivity index (χ4v) is 5.66. The number of nitrogens with zero attached hydrogens (tertiary/aromatic N) is 5. The molecular formula is C27H27BrClN5O6. The van der Waals surface area contributed by atoms with E-state index in [9.17, 15) is 19.7 Å². The number of hydrogen-bond acceptors (Lipinski definition) is 8. The van der Waals surface area contributed by atoms with Gasteiger partial charge in [-0.2, -0.15) is 9.78 Å². The fraction of sp³-hybridized carbons (Fsp3) is 0.407. The summed E-state index contributed by atoms with van der Waals surface area (Å²) in [5, 5.41) is 16.7. The average molecular weight is 633 g/mol. The van der Waals surface area contributed by atoms with E-state index in [4.69, 9.17) is 26.1 Å². The average Bonchev–Trinajstić information content (AvgIpc) is 2.96. The molecule has 0 unspecified atom stereocenters. The third-order valence-corrected chi connectivity index (χ3v) is 7.85. The van der Waals surface area contributed by atoms with Gasteiger partial charge in [-0.15, -0.1) is 0 Å². The molecule has 1 aliphatic carbocycles. The highest BCUT2D eigenvalue weighted by Gasteiger charge is 2.25. The molecule has 1 saturated carbocycles. The highest BCUT2D eigenvalue weighted by Crippen LogP contribution is 2.36. The standard InChI is InChI=1S/C27H27BrClN5O6/c28-19-6-7-22-20(14-19)27(36)33(26(31-22)18-4-2-1-3-5-18)30-15-17-12-21(29)25(23(13-17)34(37)38)40-16-24(35)32-8-10-39-11-9-32/h6-7,12-15,18H,1-5,8-11,16H2. The second kappa shape index (κ2) is 12.4. The van der Waals surface area contributed by atoms with Crippen LogP contribution >= 0.6 is 27.5 Å². The SMILES string of the molecule is O=C(COc1c(Cl)cc(C=Nn2c(C3CCCCC3)nc3ccc(Br)cc3c2=O)cc1[N+](=O)[O-])N1CCOCC1. The molecule has 40 heavy (non-hydrogen) atoms. The maximum atomic E-state index is 13.5. The molecular weight excluding hydrogens is 606 g/mol. The van der Waals surface area contributed by atoms with Crippen LogP contribution in [0.4, 0.5) is 5.69 Å². The number of halogens is 2. The summed E-state index contributed by atoms with van der Waals surface area (Å²) in [7, 11) is 0. The number of ether oxygens (including phenoxy) is 2. The molecule has 1 aromatic heterocycles. The quantitative estimate of drug-likeness (QED) is 0.206. The largest absolute Gasteiger partial charge is 0.476 e. The maximum Gasteiger partial charge on any atom is 0.313 e. The van der Waals surface area contributed by atoms with Crippen LogP contribution in [0.3, 0.4) is 0 Å². The summed E-state index contributed by atoms with van der Waals surface area (Å²) in [6.45, 7) is 1.31. The highest BCUT2D eigenvalue weighted by molar-refractivity contribution is 9.10. The number of nitro benzene ring substituents is 1. The van der Waals surface area contributed by atoms with E-state index >= 15 is 0 Å². The summed E-state index contributed by atoms with van der Waals surface area (Å²) >= 11 is 9.80. The molecule has 2 fully saturated rings. The molecule has 11 nitrogen and oxygen atoms in total. The number of fused-ring (bicyclic) bond motifs is 1. The minimum atomic E-state index is -0.632. The molecule has 0 N–H and O–H groups in total. The first-order valence-corrected chi connectivity index (χ1v) is 14.2. The van der Waals surface area contributed by atoms with Crippen LogP contribution in [0.2, 0.25) is 5.02 Å². The molecule has 2 aliphatic rings. The van der Waals surface area contributed by atoms with Gasteiger partial charge in [-0.3, -0.25) is 19.7 Å². The van der Waals surface area contributed by atoms with Gasteiger partial charge in [0.15, 0.2) is 6.61 Å². The van der Waals surface area contributed by atoms with Gasteiger partial charge in [0.1, 0.15) is 5.82 Å². The minimum Gasteiger partial charge on any atom is -0.476 e. The number of hydrogen-bond donors (Lipinski definition) is 0. The Morgan fingerprint density at radius 2 is 1.98 bits per heavy atom. The van der Waals surface area contributed by atoms with Crippen molar-refractivity contribution >= 4 is 56.2 Å². The van der Waals surface area contributed by atoms with Crippen molar-refractivity contribution in [2.75, 3.05) is 32.9 Å². The lowest BCUT2D eigenvalue weighted by molar-refractivity contribution is -0.385. The van der Waals surface area contributed by atoms with Crippen molar-refractivity contribution in [2.24, 2.45) is 5.10 Å². The highest BCUT2D eigenvalue weighted by atomic mass is 79.9. The van der Waals surface area contributed by atoms with Crippen LogP contribution in [0.15, 0.2) is 44.7 Å². The van der Waals surface area contributed by atoms with Gasteiger partial charge in [-0.1, -0.05) is 46.8 Å². The Kier molecular flexibility index (Phi) is 8.77. The van der Waals surface area contributed by atoms with Gasteiger partial charge in [0.2, 0.25) is 5.75 Å². The smallest absolute Gasteiger partial charge is 0.313 e. The third kappa shape index (κ3) is 6.18. The molecule has 1 saturated heterocycles. The number of morpholine rings is 1. The van der Waals surface area contributed by atoms with Crippen molar-refractivity contribution in [3.63, 3.8) is 0 Å². The van der Waals surface area contributed by atoms with E-state index in [0.717, 1.165) is 36.6 Å². The summed E-state index contributed by atoms with van der Waals surface area (Å²) in [6.07, 6.45) is 6.37. The Balaban J connectivity index is 1.47. The van der Waals surface area contributed by atoms with Crippen LogP contribution in [0.1, 0.15) is 49.4 Å². The van der Waals surface area contributed by atoms with Crippen LogP contribution in [-0.4, -0.2) is 64.5 Å². The predicted molar refractivity (Wildman–Crippen MR) is 154 cm³/mol. The van der Waals surface area contributed by atoms with Gasteiger partial charge in [0.25, 0.3) is 11.5 Å². The molecule has 0 atom stereocenters. The summed E-state index contributed by atoms with van der Waals surface area (Å²) < 4.78 is 12.8. The van der Waals surface area contributed by atoms with Crippen molar-refractivity contribution in [2.45, 2.75) is 38.0 Å². The molecule has 5 rings (SSSR count). The topological polar surface area (TPSA) is 129 Å². The number of nitro groups is 1. The van der Waals surface area contributed by atoms with E-state index in [1.807, 2.05) is 6.07 Å². The molecule has 0 radical (unpaired) electrons. The molecule has 210 valence electrons. The van der Waals surface area contributed by atoms with Gasteiger partial charge in [-0.25, -0.2) is 4.98 Å². The van der Waals surface area contributed by atoms with Crippen molar-refractivity contribution in [3.05, 3.63) is 71.7 Å². The normalized spacial score (nSPS) is 16.5. The van der Waals surface area contributed by atoms with Gasteiger partial charge >= 0.3 is 5.69 Å².